The summed E-state index contributed by atoms with van der Waals surface area (Å²) >= 11 is 0. The minimum atomic E-state index is 0.577. The maximum atomic E-state index is 9.22. The molecule has 3 nitrogen and oxygen atoms in total. The third-order valence-corrected chi connectivity index (χ3v) is 2.70. The van der Waals surface area contributed by atoms with Crippen LogP contribution in [-0.4, -0.2) is 15.9 Å². The second-order valence-electron chi connectivity index (χ2n) is 4.00. The topological polar surface area (TPSA) is 45.5 Å². The summed E-state index contributed by atoms with van der Waals surface area (Å²) < 4.78 is 0. The van der Waals surface area contributed by atoms with Gasteiger partial charge in [-0.2, -0.15) is 0 Å². The first-order chi connectivity index (χ1) is 8.22. The summed E-state index contributed by atoms with van der Waals surface area (Å²) in [7, 11) is 0. The second kappa shape index (κ2) is 4.78. The highest BCUT2D eigenvalue weighted by molar-refractivity contribution is 6.13. The predicted octanol–water partition coefficient (Wildman–Crippen LogP) is 2.93. The Kier molecular flexibility index (Phi) is 3.19. The van der Waals surface area contributed by atoms with Gasteiger partial charge in [0.05, 0.1) is 0 Å². The molecule has 86 valence electrons. The first-order valence-corrected chi connectivity index (χ1v) is 5.42. The third kappa shape index (κ3) is 2.33. The Morgan fingerprint density at radius 2 is 1.82 bits per heavy atom. The van der Waals surface area contributed by atoms with Gasteiger partial charge in [-0.25, -0.2) is 0 Å². The number of aromatic nitrogens is 1. The highest BCUT2D eigenvalue weighted by Crippen LogP contribution is 2.16. The number of hydrogen-bond donors (Lipinski definition) is 1. The van der Waals surface area contributed by atoms with Crippen molar-refractivity contribution in [2.75, 3.05) is 0 Å². The fraction of sp³-hybridized carbons (Fsp3) is 0.143. The number of oxime groups is 1. The molecule has 0 fully saturated rings. The second-order valence-corrected chi connectivity index (χ2v) is 4.00. The van der Waals surface area contributed by atoms with E-state index in [0.717, 1.165) is 22.3 Å². The van der Waals surface area contributed by atoms with Gasteiger partial charge in [0.25, 0.3) is 0 Å². The minimum Gasteiger partial charge on any atom is -0.410 e. The maximum absolute atomic E-state index is 9.22. The molecule has 2 rings (SSSR count). The molecule has 0 bridgehead atoms. The van der Waals surface area contributed by atoms with Gasteiger partial charge in [0.15, 0.2) is 0 Å². The molecule has 0 unspecified atom stereocenters. The molecule has 0 saturated carbocycles. The number of rotatable bonds is 2. The average Bonchev–Trinajstić information content (AvgIpc) is 2.36. The summed E-state index contributed by atoms with van der Waals surface area (Å²) in [6, 6.07) is 9.75. The van der Waals surface area contributed by atoms with Crippen molar-refractivity contribution in [2.45, 2.75) is 13.8 Å². The van der Waals surface area contributed by atoms with Crippen molar-refractivity contribution in [1.29, 1.82) is 0 Å². The van der Waals surface area contributed by atoms with Gasteiger partial charge in [-0.1, -0.05) is 22.9 Å². The third-order valence-electron chi connectivity index (χ3n) is 2.70. The summed E-state index contributed by atoms with van der Waals surface area (Å²) in [5.41, 5.74) is 4.60. The van der Waals surface area contributed by atoms with E-state index in [1.54, 1.807) is 12.4 Å². The maximum Gasteiger partial charge on any atom is 0.117 e. The van der Waals surface area contributed by atoms with Gasteiger partial charge >= 0.3 is 0 Å². The van der Waals surface area contributed by atoms with E-state index in [0.29, 0.717) is 5.71 Å². The molecular weight excluding hydrogens is 212 g/mol. The number of aryl methyl sites for hydroxylation is 2. The molecule has 2 aromatic rings. The van der Waals surface area contributed by atoms with E-state index < -0.39 is 0 Å². The van der Waals surface area contributed by atoms with Crippen molar-refractivity contribution in [2.24, 2.45) is 5.16 Å². The van der Waals surface area contributed by atoms with E-state index in [1.807, 2.05) is 44.2 Å². The molecule has 0 spiro atoms. The Balaban J connectivity index is 2.54. The van der Waals surface area contributed by atoms with Crippen LogP contribution in [0.25, 0.3) is 0 Å². The molecule has 0 saturated heterocycles. The Morgan fingerprint density at radius 1 is 1.12 bits per heavy atom. The lowest BCUT2D eigenvalue weighted by atomic mass is 9.97. The molecule has 0 aliphatic carbocycles. The van der Waals surface area contributed by atoms with Crippen molar-refractivity contribution in [1.82, 2.24) is 4.98 Å². The molecule has 0 atom stereocenters. The van der Waals surface area contributed by atoms with Gasteiger partial charge in [0, 0.05) is 23.5 Å². The van der Waals surface area contributed by atoms with Gasteiger partial charge < -0.3 is 5.21 Å². The summed E-state index contributed by atoms with van der Waals surface area (Å²) in [6.07, 6.45) is 3.37. The van der Waals surface area contributed by atoms with Crippen LogP contribution in [0.15, 0.2) is 47.9 Å². The lowest BCUT2D eigenvalue weighted by molar-refractivity contribution is 0.319. The fourth-order valence-electron chi connectivity index (χ4n) is 1.77. The predicted molar refractivity (Wildman–Crippen MR) is 67.6 cm³/mol. The molecule has 1 aromatic heterocycles. The molecule has 3 heteroatoms. The number of hydrogen-bond acceptors (Lipinski definition) is 3. The zero-order valence-electron chi connectivity index (χ0n) is 9.88. The molecule has 0 aliphatic rings. The van der Waals surface area contributed by atoms with Crippen molar-refractivity contribution >= 4 is 5.71 Å². The quantitative estimate of drug-likeness (QED) is 0.486. The smallest absolute Gasteiger partial charge is 0.117 e. The van der Waals surface area contributed by atoms with Crippen LogP contribution in [0, 0.1) is 13.8 Å². The van der Waals surface area contributed by atoms with Gasteiger partial charge in [0.2, 0.25) is 0 Å². The highest BCUT2D eigenvalue weighted by Gasteiger charge is 2.10. The van der Waals surface area contributed by atoms with E-state index in [2.05, 4.69) is 10.1 Å². The van der Waals surface area contributed by atoms with Gasteiger partial charge in [-0.3, -0.25) is 4.98 Å². The lowest BCUT2D eigenvalue weighted by Crippen LogP contribution is -2.06. The van der Waals surface area contributed by atoms with Gasteiger partial charge in [0.1, 0.15) is 5.71 Å². The van der Waals surface area contributed by atoms with E-state index in [-0.39, 0.29) is 0 Å². The Morgan fingerprint density at radius 3 is 2.47 bits per heavy atom. The van der Waals surface area contributed by atoms with Crippen LogP contribution < -0.4 is 0 Å². The largest absolute Gasteiger partial charge is 0.410 e. The Bertz CT molecular complexity index is 547. The van der Waals surface area contributed by atoms with Crippen molar-refractivity contribution in [3.8, 4) is 0 Å². The van der Waals surface area contributed by atoms with Crippen LogP contribution >= 0.6 is 0 Å². The molecule has 0 radical (unpaired) electrons. The van der Waals surface area contributed by atoms with Crippen LogP contribution in [-0.2, 0) is 0 Å². The molecule has 17 heavy (non-hydrogen) atoms. The van der Waals surface area contributed by atoms with Crippen molar-refractivity contribution < 1.29 is 5.21 Å². The van der Waals surface area contributed by atoms with E-state index in [1.165, 1.54) is 0 Å². The standard InChI is InChI=1S/C14H14N2O/c1-10-3-4-11(2)13(9-10)14(16-17)12-5-7-15-8-6-12/h3-9,17H,1-2H3/b16-14-. The lowest BCUT2D eigenvalue weighted by Gasteiger charge is -2.09. The monoisotopic (exact) mass is 226 g/mol. The first-order valence-electron chi connectivity index (χ1n) is 5.42. The Hall–Kier alpha value is -2.16. The van der Waals surface area contributed by atoms with Crippen molar-refractivity contribution in [3.63, 3.8) is 0 Å². The van der Waals surface area contributed by atoms with Crippen LogP contribution in [0.1, 0.15) is 22.3 Å². The van der Waals surface area contributed by atoms with Crippen LogP contribution in [0.3, 0.4) is 0 Å². The van der Waals surface area contributed by atoms with Crippen molar-refractivity contribution in [3.05, 3.63) is 65.0 Å². The molecule has 0 aliphatic heterocycles. The van der Waals surface area contributed by atoms with Gasteiger partial charge in [-0.15, -0.1) is 0 Å². The SMILES string of the molecule is Cc1ccc(C)c(/C(=N\O)c2ccncc2)c1. The minimum absolute atomic E-state index is 0.577. The molecule has 1 heterocycles. The average molecular weight is 226 g/mol. The molecule has 1 N–H and O–H groups in total. The molecule has 0 amide bonds. The van der Waals surface area contributed by atoms with E-state index >= 15 is 0 Å². The molecular formula is C14H14N2O. The summed E-state index contributed by atoms with van der Waals surface area (Å²) in [6.45, 7) is 4.02. The number of benzene rings is 1. The first kappa shape index (κ1) is 11.3. The zero-order valence-corrected chi connectivity index (χ0v) is 9.88. The number of nitrogens with zero attached hydrogens (tertiary/aromatic N) is 2. The summed E-state index contributed by atoms with van der Waals surface area (Å²) in [5, 5.41) is 12.6. The van der Waals surface area contributed by atoms with Crippen LogP contribution in [0.5, 0.6) is 0 Å². The number of pyridine rings is 1. The molecule has 1 aromatic carbocycles. The fourth-order valence-corrected chi connectivity index (χ4v) is 1.77. The van der Waals surface area contributed by atoms with Crippen LogP contribution in [0.2, 0.25) is 0 Å². The van der Waals surface area contributed by atoms with E-state index in [9.17, 15) is 5.21 Å². The van der Waals surface area contributed by atoms with E-state index in [4.69, 9.17) is 0 Å². The van der Waals surface area contributed by atoms with Gasteiger partial charge in [-0.05, 0) is 37.6 Å². The summed E-state index contributed by atoms with van der Waals surface area (Å²) in [5.74, 6) is 0. The van der Waals surface area contributed by atoms with Crippen LogP contribution in [0.4, 0.5) is 0 Å². The zero-order chi connectivity index (χ0) is 12.3. The highest BCUT2D eigenvalue weighted by atomic mass is 16.4. The Labute approximate surface area is 100 Å². The summed E-state index contributed by atoms with van der Waals surface area (Å²) in [4.78, 5) is 3.96. The normalized spacial score (nSPS) is 11.5.